The number of nitrogens with zero attached hydrogens (tertiary/aromatic N) is 4. The summed E-state index contributed by atoms with van der Waals surface area (Å²) < 4.78 is 33.2. The van der Waals surface area contributed by atoms with Crippen molar-refractivity contribution < 1.29 is 23.4 Å². The number of aromatic amines is 1. The molecule has 11 nitrogen and oxygen atoms in total. The topological polar surface area (TPSA) is 128 Å². The van der Waals surface area contributed by atoms with Crippen LogP contribution in [0.1, 0.15) is 61.2 Å². The number of halogens is 1. The van der Waals surface area contributed by atoms with Crippen molar-refractivity contribution in [1.29, 1.82) is 0 Å². The van der Waals surface area contributed by atoms with Crippen LogP contribution in [0.4, 0.5) is 20.8 Å². The van der Waals surface area contributed by atoms with Crippen LogP contribution in [-0.2, 0) is 20.8 Å². The molecule has 2 bridgehead atoms. The Labute approximate surface area is 206 Å². The van der Waals surface area contributed by atoms with Gasteiger partial charge in [0.05, 0.1) is 36.5 Å². The third-order valence-electron chi connectivity index (χ3n) is 7.71. The quantitative estimate of drug-likeness (QED) is 0.433. The highest BCUT2D eigenvalue weighted by atomic mass is 19.1. The number of rotatable bonds is 8. The van der Waals surface area contributed by atoms with E-state index >= 15 is 4.39 Å². The molecule has 3 N–H and O–H groups in total. The molecule has 0 aromatic carbocycles. The molecule has 4 saturated carbocycles. The lowest BCUT2D eigenvalue weighted by Gasteiger charge is -2.61. The Kier molecular flexibility index (Phi) is 4.97. The van der Waals surface area contributed by atoms with Crippen molar-refractivity contribution in [1.82, 2.24) is 30.1 Å². The van der Waals surface area contributed by atoms with Crippen molar-refractivity contribution in [3.8, 4) is 0 Å². The summed E-state index contributed by atoms with van der Waals surface area (Å²) >= 11 is 0. The van der Waals surface area contributed by atoms with Crippen LogP contribution in [-0.4, -0.2) is 62.4 Å². The van der Waals surface area contributed by atoms with Gasteiger partial charge in [-0.05, 0) is 44.1 Å². The summed E-state index contributed by atoms with van der Waals surface area (Å²) in [6.45, 7) is 0.381. The molecule has 3 atom stereocenters. The Morgan fingerprint density at radius 1 is 1.33 bits per heavy atom. The molecule has 3 aromatic rings. The fraction of sp³-hybridized carbons (Fsp3) is 0.583. The Morgan fingerprint density at radius 3 is 2.89 bits per heavy atom. The van der Waals surface area contributed by atoms with Crippen LogP contribution in [0.15, 0.2) is 18.3 Å². The molecule has 0 radical (unpaired) electrons. The number of anilines is 2. The first kappa shape index (κ1) is 22.0. The monoisotopic (exact) mass is 497 g/mol. The molecule has 0 spiro atoms. The number of hydrogen-bond donors (Lipinski definition) is 3. The first-order chi connectivity index (χ1) is 17.5. The zero-order valence-electron chi connectivity index (χ0n) is 19.9. The fourth-order valence-electron chi connectivity index (χ4n) is 5.57. The number of amides is 1. The van der Waals surface area contributed by atoms with E-state index in [1.54, 1.807) is 13.2 Å². The summed E-state index contributed by atoms with van der Waals surface area (Å²) in [7, 11) is 1.63. The highest BCUT2D eigenvalue weighted by Gasteiger charge is 2.58. The zero-order chi connectivity index (χ0) is 24.4. The standard InChI is InChI=1S/C24H28FN7O4/c1-34-10-14-4-17-22(26-16(13-2-3-13)9-32(17)31-14)27-19-5-15(29-30-19)21-20(25)18(11-35-21)36-23(33)28-24-6-12(7-24)8-24/h4-5,9,12-13,18,20-21H,2-3,6-8,10-11H2,1H3,(H,28,33)(H2,26,27,29,30)/t12?,18-,20-,21-,24?/m1/s1. The van der Waals surface area contributed by atoms with E-state index < -0.39 is 24.5 Å². The van der Waals surface area contributed by atoms with Crippen LogP contribution in [0.2, 0.25) is 0 Å². The molecule has 36 heavy (non-hydrogen) atoms. The Balaban J connectivity index is 1.05. The van der Waals surface area contributed by atoms with E-state index in [2.05, 4.69) is 25.9 Å². The number of carbonyl (C=O) groups is 1. The van der Waals surface area contributed by atoms with Gasteiger partial charge in [-0.1, -0.05) is 0 Å². The van der Waals surface area contributed by atoms with Crippen molar-refractivity contribution in [3.05, 3.63) is 35.4 Å². The van der Waals surface area contributed by atoms with Gasteiger partial charge in [-0.25, -0.2) is 18.7 Å². The van der Waals surface area contributed by atoms with E-state index in [1.165, 1.54) is 0 Å². The van der Waals surface area contributed by atoms with Crippen LogP contribution in [0.5, 0.6) is 0 Å². The number of ether oxygens (including phenoxy) is 3. The van der Waals surface area contributed by atoms with Gasteiger partial charge in [0.1, 0.15) is 11.6 Å². The van der Waals surface area contributed by atoms with Crippen molar-refractivity contribution >= 4 is 23.2 Å². The van der Waals surface area contributed by atoms with Crippen LogP contribution in [0.3, 0.4) is 0 Å². The number of hydrogen-bond acceptors (Lipinski definition) is 8. The number of alkyl carbamates (subject to hydrolysis) is 1. The largest absolute Gasteiger partial charge is 0.441 e. The lowest BCUT2D eigenvalue weighted by Crippen LogP contribution is -2.68. The number of alkyl halides is 1. The Bertz CT molecular complexity index is 1300. The summed E-state index contributed by atoms with van der Waals surface area (Å²) in [6.07, 6.45) is 3.19. The van der Waals surface area contributed by atoms with Gasteiger partial charge in [-0.3, -0.25) is 5.10 Å². The van der Waals surface area contributed by atoms with E-state index in [-0.39, 0.29) is 12.1 Å². The lowest BCUT2D eigenvalue weighted by atomic mass is 9.50. The maximum Gasteiger partial charge on any atom is 0.408 e. The van der Waals surface area contributed by atoms with Gasteiger partial charge in [-0.2, -0.15) is 10.2 Å². The third-order valence-corrected chi connectivity index (χ3v) is 7.71. The molecule has 1 aliphatic heterocycles. The van der Waals surface area contributed by atoms with Crippen molar-refractivity contribution in [2.24, 2.45) is 5.92 Å². The molecule has 1 saturated heterocycles. The summed E-state index contributed by atoms with van der Waals surface area (Å²) in [5.74, 6) is 2.25. The van der Waals surface area contributed by atoms with E-state index in [0.717, 1.165) is 54.9 Å². The number of H-pyrrole nitrogens is 1. The normalized spacial score (nSPS) is 30.6. The van der Waals surface area contributed by atoms with E-state index in [1.807, 2.05) is 16.8 Å². The summed E-state index contributed by atoms with van der Waals surface area (Å²) in [5, 5.41) is 17.9. The first-order valence-electron chi connectivity index (χ1n) is 12.4. The van der Waals surface area contributed by atoms with Gasteiger partial charge >= 0.3 is 6.09 Å². The third kappa shape index (κ3) is 3.79. The highest BCUT2D eigenvalue weighted by Crippen LogP contribution is 2.57. The van der Waals surface area contributed by atoms with Crippen LogP contribution in [0, 0.1) is 5.92 Å². The van der Waals surface area contributed by atoms with Crippen LogP contribution in [0.25, 0.3) is 5.52 Å². The summed E-state index contributed by atoms with van der Waals surface area (Å²) in [6, 6.07) is 3.61. The number of fused-ring (bicyclic) bond motifs is 1. The Hall–Kier alpha value is -3.25. The minimum Gasteiger partial charge on any atom is -0.441 e. The van der Waals surface area contributed by atoms with E-state index in [9.17, 15) is 4.79 Å². The number of methoxy groups -OCH3 is 1. The predicted molar refractivity (Wildman–Crippen MR) is 125 cm³/mol. The molecule has 12 heteroatoms. The van der Waals surface area contributed by atoms with Gasteiger partial charge in [0.15, 0.2) is 23.9 Å². The predicted octanol–water partition coefficient (Wildman–Crippen LogP) is 3.28. The van der Waals surface area contributed by atoms with Gasteiger partial charge in [0.2, 0.25) is 0 Å². The van der Waals surface area contributed by atoms with Crippen molar-refractivity contribution in [2.45, 2.75) is 68.5 Å². The minimum absolute atomic E-state index is 0.0135. The van der Waals surface area contributed by atoms with Gasteiger partial charge in [0.25, 0.3) is 0 Å². The van der Waals surface area contributed by atoms with Crippen LogP contribution >= 0.6 is 0 Å². The Morgan fingerprint density at radius 2 is 2.17 bits per heavy atom. The first-order valence-corrected chi connectivity index (χ1v) is 12.4. The average molecular weight is 498 g/mol. The minimum atomic E-state index is -1.51. The maximum absolute atomic E-state index is 15.2. The fourth-order valence-corrected chi connectivity index (χ4v) is 5.57. The highest BCUT2D eigenvalue weighted by molar-refractivity contribution is 5.73. The molecule has 5 aliphatic rings. The van der Waals surface area contributed by atoms with E-state index in [4.69, 9.17) is 19.2 Å². The number of aromatic nitrogens is 5. The molecule has 5 fully saturated rings. The van der Waals surface area contributed by atoms with Crippen molar-refractivity contribution in [3.63, 3.8) is 0 Å². The number of carbonyl (C=O) groups excluding carboxylic acids is 1. The van der Waals surface area contributed by atoms with Crippen molar-refractivity contribution in [2.75, 3.05) is 19.0 Å². The summed E-state index contributed by atoms with van der Waals surface area (Å²) in [4.78, 5) is 17.1. The van der Waals surface area contributed by atoms with Crippen LogP contribution < -0.4 is 10.6 Å². The molecule has 1 amide bonds. The molecular weight excluding hydrogens is 469 g/mol. The summed E-state index contributed by atoms with van der Waals surface area (Å²) in [5.41, 5.74) is 2.89. The molecule has 190 valence electrons. The second kappa shape index (κ2) is 8.13. The second-order valence-electron chi connectivity index (χ2n) is 10.5. The van der Waals surface area contributed by atoms with Gasteiger partial charge < -0.3 is 24.8 Å². The average Bonchev–Trinajstić information content (AvgIpc) is 3.26. The second-order valence-corrected chi connectivity index (χ2v) is 10.5. The zero-order valence-corrected chi connectivity index (χ0v) is 19.9. The maximum atomic E-state index is 15.2. The molecular formula is C24H28FN7O4. The molecule has 3 aromatic heterocycles. The lowest BCUT2D eigenvalue weighted by molar-refractivity contribution is -0.0528. The molecule has 8 rings (SSSR count). The smallest absolute Gasteiger partial charge is 0.408 e. The SMILES string of the molecule is COCc1cc2c(Nc3cc([C@H]4OC[C@@H](OC(=O)NC56CC(C5)C6)[C@H]4F)[nH]n3)nc(C3CC3)cn2n1. The number of nitrogens with one attached hydrogen (secondary N) is 3. The molecule has 4 heterocycles. The van der Waals surface area contributed by atoms with Gasteiger partial charge in [0, 0.05) is 24.6 Å². The molecule has 4 aliphatic carbocycles. The van der Waals surface area contributed by atoms with Gasteiger partial charge in [-0.15, -0.1) is 0 Å². The van der Waals surface area contributed by atoms with E-state index in [0.29, 0.717) is 29.9 Å². The molecule has 0 unspecified atom stereocenters.